The molecule has 2 bridgehead atoms. The fourth-order valence-corrected chi connectivity index (χ4v) is 8.87. The number of hydrogen-bond acceptors (Lipinski definition) is 7. The number of anilines is 1. The minimum Gasteiger partial charge on any atom is -0.504 e. The number of aldehydes is 2. The first-order valence-corrected chi connectivity index (χ1v) is 15.3. The van der Waals surface area contributed by atoms with Crippen LogP contribution in [0, 0.1) is 5.92 Å². The van der Waals surface area contributed by atoms with Crippen LogP contribution in [0.3, 0.4) is 0 Å². The van der Waals surface area contributed by atoms with Crippen molar-refractivity contribution in [2.45, 2.75) is 55.3 Å². The van der Waals surface area contributed by atoms with Gasteiger partial charge in [0.25, 0.3) is 5.91 Å². The smallest absolute Gasteiger partial charge is 0.255 e. The van der Waals surface area contributed by atoms with Crippen LogP contribution >= 0.6 is 0 Å². The summed E-state index contributed by atoms with van der Waals surface area (Å²) in [6, 6.07) is 13.7. The number of nitrogens with zero attached hydrogens (tertiary/aromatic N) is 1. The molecule has 2 fully saturated rings. The molecule has 1 spiro atoms. The highest BCUT2D eigenvalue weighted by atomic mass is 16.5. The van der Waals surface area contributed by atoms with Gasteiger partial charge in [-0.25, -0.2) is 0 Å². The number of phenolic OH excluding ortho intramolecular Hbond substituents is 1. The number of fused-ring (bicyclic) bond motifs is 4. The molecule has 9 rings (SSSR count). The lowest BCUT2D eigenvalue weighted by atomic mass is 9.49. The number of phenols is 1. The summed E-state index contributed by atoms with van der Waals surface area (Å²) in [4.78, 5) is 42.2. The Morgan fingerprint density at radius 3 is 2.75 bits per heavy atom. The third-order valence-electron chi connectivity index (χ3n) is 11.0. The minimum absolute atomic E-state index is 0.0757. The molecule has 44 heavy (non-hydrogen) atoms. The maximum Gasteiger partial charge on any atom is 0.255 e. The summed E-state index contributed by atoms with van der Waals surface area (Å²) in [7, 11) is 0. The molecule has 2 aliphatic heterocycles. The highest BCUT2D eigenvalue weighted by Crippen LogP contribution is 2.69. The molecule has 0 radical (unpaired) electrons. The van der Waals surface area contributed by atoms with E-state index < -0.39 is 23.0 Å². The highest BCUT2D eigenvalue weighted by Gasteiger charge is 2.72. The first-order valence-electron chi connectivity index (χ1n) is 15.3. The quantitative estimate of drug-likeness (QED) is 0.244. The lowest BCUT2D eigenvalue weighted by Gasteiger charge is -2.62. The maximum atomic E-state index is 13.3. The van der Waals surface area contributed by atoms with Crippen LogP contribution in [0.4, 0.5) is 5.69 Å². The normalized spacial score (nSPS) is 27.8. The summed E-state index contributed by atoms with van der Waals surface area (Å²) in [6.07, 6.45) is 4.96. The third kappa shape index (κ3) is 3.23. The van der Waals surface area contributed by atoms with E-state index in [2.05, 4.69) is 15.2 Å². The van der Waals surface area contributed by atoms with Gasteiger partial charge in [0, 0.05) is 46.6 Å². The van der Waals surface area contributed by atoms with E-state index in [1.165, 1.54) is 31.0 Å². The molecule has 4 N–H and O–H groups in total. The number of nitrogens with one attached hydrogen (secondary N) is 2. The van der Waals surface area contributed by atoms with E-state index in [1.807, 2.05) is 24.3 Å². The molecule has 222 valence electrons. The van der Waals surface area contributed by atoms with Gasteiger partial charge in [0.1, 0.15) is 0 Å². The van der Waals surface area contributed by atoms with Gasteiger partial charge in [0.05, 0.1) is 27.9 Å². The van der Waals surface area contributed by atoms with Crippen molar-refractivity contribution in [2.24, 2.45) is 5.92 Å². The van der Waals surface area contributed by atoms with Crippen molar-refractivity contribution in [1.29, 1.82) is 0 Å². The molecule has 1 amide bonds. The molecule has 1 saturated heterocycles. The van der Waals surface area contributed by atoms with Crippen LogP contribution < -0.4 is 10.1 Å². The second-order valence-corrected chi connectivity index (χ2v) is 13.2. The average molecular weight is 590 g/mol. The van der Waals surface area contributed by atoms with Gasteiger partial charge in [0.2, 0.25) is 0 Å². The van der Waals surface area contributed by atoms with Gasteiger partial charge in [-0.15, -0.1) is 0 Å². The van der Waals surface area contributed by atoms with E-state index in [4.69, 9.17) is 4.74 Å². The second kappa shape index (κ2) is 8.80. The van der Waals surface area contributed by atoms with Gasteiger partial charge in [0.15, 0.2) is 30.2 Å². The SMILES string of the molecule is O=Cc1ccc(C(=O)Nc2cccc3c4c([nH]c23)[C@@H]2Oc3c(O)ccc5c3[C@@]23CCN(CC2CC2)C(C5)[C@]3(O)C4)cc1C=O. The average Bonchev–Trinajstić information content (AvgIpc) is 3.66. The zero-order chi connectivity index (χ0) is 30.0. The first-order chi connectivity index (χ1) is 21.4. The number of aromatic nitrogens is 1. The Hall–Kier alpha value is -4.47. The Morgan fingerprint density at radius 1 is 1.11 bits per heavy atom. The zero-order valence-corrected chi connectivity index (χ0v) is 23.9. The van der Waals surface area contributed by atoms with Gasteiger partial charge in [-0.1, -0.05) is 24.3 Å². The van der Waals surface area contributed by atoms with Crippen molar-refractivity contribution < 1.29 is 29.3 Å². The molecule has 3 heterocycles. The Balaban J connectivity index is 1.17. The van der Waals surface area contributed by atoms with Gasteiger partial charge in [-0.2, -0.15) is 0 Å². The fourth-order valence-electron chi connectivity index (χ4n) is 8.87. The molecule has 3 aliphatic carbocycles. The van der Waals surface area contributed by atoms with Crippen LogP contribution in [-0.2, 0) is 18.3 Å². The van der Waals surface area contributed by atoms with E-state index in [0.717, 1.165) is 52.8 Å². The Kier molecular flexibility index (Phi) is 5.20. The van der Waals surface area contributed by atoms with E-state index in [0.29, 0.717) is 42.8 Å². The van der Waals surface area contributed by atoms with Crippen LogP contribution in [0.15, 0.2) is 48.5 Å². The molecule has 9 nitrogen and oxygen atoms in total. The molecule has 4 atom stereocenters. The monoisotopic (exact) mass is 589 g/mol. The molecule has 3 aromatic carbocycles. The maximum absolute atomic E-state index is 13.3. The number of piperidine rings is 1. The molecule has 1 unspecified atom stereocenters. The van der Waals surface area contributed by atoms with Crippen LogP contribution in [-0.4, -0.2) is 63.3 Å². The predicted molar refractivity (Wildman–Crippen MR) is 162 cm³/mol. The van der Waals surface area contributed by atoms with Crippen molar-refractivity contribution in [3.8, 4) is 11.5 Å². The largest absolute Gasteiger partial charge is 0.504 e. The predicted octanol–water partition coefficient (Wildman–Crippen LogP) is 4.45. The van der Waals surface area contributed by atoms with E-state index >= 15 is 0 Å². The summed E-state index contributed by atoms with van der Waals surface area (Å²) >= 11 is 0. The number of aliphatic hydroxyl groups is 1. The molecule has 9 heteroatoms. The number of likely N-dealkylation sites (tertiary alicyclic amines) is 1. The standard InChI is InChI=1S/C35H31N3O6/c39-16-21-7-6-20(12-22(21)17-40)33(42)36-25-3-1-2-23-24-14-35(43)27-13-19-8-9-26(41)31-28(19)34(35,10-11-38(27)15-18-4-5-18)32(44-31)30(24)37-29(23)25/h1-3,6-9,12,16-18,27,32,37,41,43H,4-5,10-11,13-15H2,(H,36,42)/t27?,32-,34-,35+/m0/s1. The van der Waals surface area contributed by atoms with Crippen molar-refractivity contribution in [3.63, 3.8) is 0 Å². The van der Waals surface area contributed by atoms with Crippen LogP contribution in [0.2, 0.25) is 0 Å². The first kappa shape index (κ1) is 26.0. The van der Waals surface area contributed by atoms with Crippen molar-refractivity contribution >= 4 is 35.1 Å². The van der Waals surface area contributed by atoms with Gasteiger partial charge in [-0.3, -0.25) is 19.3 Å². The van der Waals surface area contributed by atoms with Crippen LogP contribution in [0.1, 0.15) is 78.8 Å². The number of aromatic hydroxyl groups is 1. The molecule has 4 aromatic rings. The summed E-state index contributed by atoms with van der Waals surface area (Å²) in [5, 5.41) is 27.9. The summed E-state index contributed by atoms with van der Waals surface area (Å²) in [6.45, 7) is 1.85. The van der Waals surface area contributed by atoms with Crippen LogP contribution in [0.5, 0.6) is 11.5 Å². The minimum atomic E-state index is -1.11. The number of ether oxygens (including phenoxy) is 1. The number of amides is 1. The number of carbonyl (C=O) groups excluding carboxylic acids is 3. The zero-order valence-electron chi connectivity index (χ0n) is 23.9. The Labute approximate surface area is 252 Å². The topological polar surface area (TPSA) is 132 Å². The Bertz CT molecular complexity index is 1940. The number of hydrogen-bond donors (Lipinski definition) is 4. The molecular formula is C35H31N3O6. The number of benzene rings is 3. The summed E-state index contributed by atoms with van der Waals surface area (Å²) < 4.78 is 6.69. The second-order valence-electron chi connectivity index (χ2n) is 13.2. The van der Waals surface area contributed by atoms with E-state index in [1.54, 1.807) is 6.07 Å². The molecule has 1 saturated carbocycles. The lowest BCUT2D eigenvalue weighted by Crippen LogP contribution is -2.74. The van der Waals surface area contributed by atoms with E-state index in [-0.39, 0.29) is 28.5 Å². The summed E-state index contributed by atoms with van der Waals surface area (Å²) in [5.41, 5.74) is 4.01. The summed E-state index contributed by atoms with van der Waals surface area (Å²) in [5.74, 6) is 0.845. The van der Waals surface area contributed by atoms with Gasteiger partial charge in [-0.05, 0) is 73.5 Å². The molecular weight excluding hydrogens is 558 g/mol. The van der Waals surface area contributed by atoms with Crippen molar-refractivity contribution in [2.75, 3.05) is 18.4 Å². The lowest BCUT2D eigenvalue weighted by molar-refractivity contribution is -0.173. The number of carbonyl (C=O) groups is 3. The molecule has 1 aromatic heterocycles. The Morgan fingerprint density at radius 2 is 1.95 bits per heavy atom. The number of aromatic amines is 1. The number of para-hydroxylation sites is 1. The number of H-pyrrole nitrogens is 1. The van der Waals surface area contributed by atoms with Crippen molar-refractivity contribution in [1.82, 2.24) is 9.88 Å². The third-order valence-corrected chi connectivity index (χ3v) is 11.0. The van der Waals surface area contributed by atoms with E-state index in [9.17, 15) is 24.6 Å². The van der Waals surface area contributed by atoms with Gasteiger partial charge < -0.3 is 25.3 Å². The molecule has 5 aliphatic rings. The highest BCUT2D eigenvalue weighted by molar-refractivity contribution is 6.10. The van der Waals surface area contributed by atoms with Crippen LogP contribution in [0.25, 0.3) is 10.9 Å². The van der Waals surface area contributed by atoms with Gasteiger partial charge >= 0.3 is 0 Å². The fraction of sp³-hybridized carbons (Fsp3) is 0.343. The van der Waals surface area contributed by atoms with Crippen molar-refractivity contribution in [3.05, 3.63) is 87.6 Å². The number of rotatable bonds is 6.